The minimum atomic E-state index is -2.30. The molecule has 0 atom stereocenters. The lowest BCUT2D eigenvalue weighted by molar-refractivity contribution is 0.304. The summed E-state index contributed by atoms with van der Waals surface area (Å²) in [5, 5.41) is 0. The van der Waals surface area contributed by atoms with Crippen LogP contribution in [0.4, 0.5) is 5.69 Å². The summed E-state index contributed by atoms with van der Waals surface area (Å²) in [6.45, 7) is 7.50. The maximum atomic E-state index is 6.01. The third-order valence-electron chi connectivity index (χ3n) is 2.47. The number of allylic oxidation sites excluding steroid dienone is 2. The van der Waals surface area contributed by atoms with Crippen LogP contribution < -0.4 is 10.2 Å². The van der Waals surface area contributed by atoms with Gasteiger partial charge in [0.15, 0.2) is 0 Å². The molecule has 0 unspecified atom stereocenters. The smallest absolute Gasteiger partial charge is 0.406 e. The second kappa shape index (κ2) is 6.27. The van der Waals surface area contributed by atoms with Gasteiger partial charge in [-0.15, -0.1) is 13.2 Å². The average Bonchev–Trinajstić information content (AvgIpc) is 2.33. The SMILES string of the molecule is C=CC[Si](CC=C)(OC)Oc1ccc(N)cc1. The molecule has 0 heterocycles. The lowest BCUT2D eigenvalue weighted by Gasteiger charge is -2.27. The third kappa shape index (κ3) is 3.76. The predicted molar refractivity (Wildman–Crippen MR) is 74.3 cm³/mol. The summed E-state index contributed by atoms with van der Waals surface area (Å²) in [5.74, 6) is 0.774. The van der Waals surface area contributed by atoms with Gasteiger partial charge in [0.05, 0.1) is 0 Å². The van der Waals surface area contributed by atoms with Crippen molar-refractivity contribution < 1.29 is 8.85 Å². The Balaban J connectivity index is 2.87. The quantitative estimate of drug-likeness (QED) is 0.459. The standard InChI is InChI=1S/C13H19NO2Si/c1-4-10-17(15-3,11-5-2)16-13-8-6-12(14)7-9-13/h4-9H,1-2,10-11,14H2,3H3. The van der Waals surface area contributed by atoms with Crippen molar-refractivity contribution in [3.63, 3.8) is 0 Å². The fourth-order valence-electron chi connectivity index (χ4n) is 1.57. The highest BCUT2D eigenvalue weighted by molar-refractivity contribution is 6.69. The Labute approximate surface area is 104 Å². The molecule has 0 bridgehead atoms. The molecular formula is C13H19NO2Si. The Bertz CT molecular complexity index is 366. The molecule has 0 radical (unpaired) electrons. The number of nitrogens with two attached hydrogens (primary N) is 1. The van der Waals surface area contributed by atoms with Gasteiger partial charge in [-0.25, -0.2) is 0 Å². The van der Waals surface area contributed by atoms with E-state index in [4.69, 9.17) is 14.6 Å². The molecular weight excluding hydrogens is 230 g/mol. The Morgan fingerprint density at radius 3 is 2.12 bits per heavy atom. The predicted octanol–water partition coefficient (Wildman–Crippen LogP) is 3.11. The third-order valence-corrected chi connectivity index (χ3v) is 5.64. The van der Waals surface area contributed by atoms with E-state index in [-0.39, 0.29) is 0 Å². The van der Waals surface area contributed by atoms with E-state index in [1.807, 2.05) is 36.4 Å². The number of nitrogen functional groups attached to an aromatic ring is 1. The van der Waals surface area contributed by atoms with Crippen LogP contribution in [-0.2, 0) is 4.43 Å². The zero-order chi connectivity index (χ0) is 12.7. The van der Waals surface area contributed by atoms with Crippen LogP contribution in [-0.4, -0.2) is 15.7 Å². The van der Waals surface area contributed by atoms with Crippen LogP contribution in [0.2, 0.25) is 12.1 Å². The summed E-state index contributed by atoms with van der Waals surface area (Å²) in [4.78, 5) is 0. The molecule has 92 valence electrons. The minimum Gasteiger partial charge on any atom is -0.520 e. The van der Waals surface area contributed by atoms with Crippen LogP contribution in [0.5, 0.6) is 5.75 Å². The monoisotopic (exact) mass is 249 g/mol. The van der Waals surface area contributed by atoms with Crippen molar-refractivity contribution in [3.8, 4) is 5.75 Å². The second-order valence-electron chi connectivity index (χ2n) is 3.77. The van der Waals surface area contributed by atoms with Gasteiger partial charge < -0.3 is 14.6 Å². The van der Waals surface area contributed by atoms with E-state index in [0.717, 1.165) is 23.5 Å². The van der Waals surface area contributed by atoms with Crippen LogP contribution >= 0.6 is 0 Å². The fourth-order valence-corrected chi connectivity index (χ4v) is 3.76. The van der Waals surface area contributed by atoms with E-state index in [9.17, 15) is 0 Å². The van der Waals surface area contributed by atoms with Crippen molar-refractivity contribution in [1.82, 2.24) is 0 Å². The number of rotatable bonds is 7. The van der Waals surface area contributed by atoms with Crippen LogP contribution in [0.3, 0.4) is 0 Å². The highest BCUT2D eigenvalue weighted by atomic mass is 28.4. The van der Waals surface area contributed by atoms with Crippen LogP contribution in [0.25, 0.3) is 0 Å². The van der Waals surface area contributed by atoms with Crippen molar-refractivity contribution in [1.29, 1.82) is 0 Å². The van der Waals surface area contributed by atoms with E-state index < -0.39 is 8.56 Å². The summed E-state index contributed by atoms with van der Waals surface area (Å²) in [6.07, 6.45) is 3.66. The molecule has 0 aliphatic rings. The van der Waals surface area contributed by atoms with Gasteiger partial charge in [0.25, 0.3) is 0 Å². The van der Waals surface area contributed by atoms with Gasteiger partial charge >= 0.3 is 8.56 Å². The Morgan fingerprint density at radius 2 is 1.71 bits per heavy atom. The van der Waals surface area contributed by atoms with Gasteiger partial charge in [0, 0.05) is 24.9 Å². The molecule has 1 rings (SSSR count). The van der Waals surface area contributed by atoms with Gasteiger partial charge in [0.2, 0.25) is 0 Å². The van der Waals surface area contributed by atoms with E-state index >= 15 is 0 Å². The van der Waals surface area contributed by atoms with Crippen LogP contribution in [0, 0.1) is 0 Å². The molecule has 3 nitrogen and oxygen atoms in total. The molecule has 0 aliphatic carbocycles. The lowest BCUT2D eigenvalue weighted by Crippen LogP contribution is -2.43. The molecule has 2 N–H and O–H groups in total. The van der Waals surface area contributed by atoms with Crippen molar-refractivity contribution >= 4 is 14.2 Å². The van der Waals surface area contributed by atoms with E-state index in [0.29, 0.717) is 0 Å². The van der Waals surface area contributed by atoms with E-state index in [1.54, 1.807) is 7.11 Å². The molecule has 0 fully saturated rings. The second-order valence-corrected chi connectivity index (χ2v) is 7.02. The van der Waals surface area contributed by atoms with Crippen molar-refractivity contribution in [2.45, 2.75) is 12.1 Å². The average molecular weight is 249 g/mol. The van der Waals surface area contributed by atoms with E-state index in [1.165, 1.54) is 0 Å². The number of hydrogen-bond donors (Lipinski definition) is 1. The first-order valence-electron chi connectivity index (χ1n) is 5.47. The van der Waals surface area contributed by atoms with Crippen LogP contribution in [0.15, 0.2) is 49.6 Å². The molecule has 0 saturated carbocycles. The summed E-state index contributed by atoms with van der Waals surface area (Å²) in [5.41, 5.74) is 6.35. The van der Waals surface area contributed by atoms with Crippen molar-refractivity contribution in [3.05, 3.63) is 49.6 Å². The highest BCUT2D eigenvalue weighted by Crippen LogP contribution is 2.24. The van der Waals surface area contributed by atoms with Gasteiger partial charge in [-0.1, -0.05) is 12.2 Å². The summed E-state index contributed by atoms with van der Waals surface area (Å²) < 4.78 is 11.6. The topological polar surface area (TPSA) is 44.5 Å². The minimum absolute atomic E-state index is 0.717. The molecule has 0 aliphatic heterocycles. The number of benzene rings is 1. The Kier molecular flexibility index (Phi) is 5.00. The molecule has 0 amide bonds. The van der Waals surface area contributed by atoms with Gasteiger partial charge in [0.1, 0.15) is 5.75 Å². The van der Waals surface area contributed by atoms with Gasteiger partial charge in [-0.2, -0.15) is 0 Å². The first-order chi connectivity index (χ1) is 8.15. The molecule has 4 heteroatoms. The first-order valence-corrected chi connectivity index (χ1v) is 7.70. The number of hydrogen-bond acceptors (Lipinski definition) is 3. The molecule has 17 heavy (non-hydrogen) atoms. The van der Waals surface area contributed by atoms with E-state index in [2.05, 4.69) is 13.2 Å². The molecule has 0 spiro atoms. The summed E-state index contributed by atoms with van der Waals surface area (Å²) in [6, 6.07) is 8.77. The summed E-state index contributed by atoms with van der Waals surface area (Å²) in [7, 11) is -0.628. The lowest BCUT2D eigenvalue weighted by atomic mass is 10.3. The maximum absolute atomic E-state index is 6.01. The van der Waals surface area contributed by atoms with Crippen LogP contribution in [0.1, 0.15) is 0 Å². The number of anilines is 1. The summed E-state index contributed by atoms with van der Waals surface area (Å²) >= 11 is 0. The molecule has 0 aromatic heterocycles. The zero-order valence-corrected chi connectivity index (χ0v) is 11.2. The molecule has 0 saturated heterocycles. The maximum Gasteiger partial charge on any atom is 0.406 e. The Morgan fingerprint density at radius 1 is 1.18 bits per heavy atom. The van der Waals surface area contributed by atoms with Crippen molar-refractivity contribution in [2.24, 2.45) is 0 Å². The normalized spacial score (nSPS) is 10.9. The zero-order valence-electron chi connectivity index (χ0n) is 10.2. The highest BCUT2D eigenvalue weighted by Gasteiger charge is 2.36. The van der Waals surface area contributed by atoms with Crippen molar-refractivity contribution in [2.75, 3.05) is 12.8 Å². The largest absolute Gasteiger partial charge is 0.520 e. The van der Waals surface area contributed by atoms with Gasteiger partial charge in [-0.3, -0.25) is 0 Å². The first kappa shape index (κ1) is 13.5. The Hall–Kier alpha value is -1.52. The fraction of sp³-hybridized carbons (Fsp3) is 0.231. The molecule has 1 aromatic rings. The van der Waals surface area contributed by atoms with Gasteiger partial charge in [-0.05, 0) is 24.3 Å². The molecule has 1 aromatic carbocycles.